The zero-order valence-electron chi connectivity index (χ0n) is 11.4. The third-order valence-electron chi connectivity index (χ3n) is 3.73. The van der Waals surface area contributed by atoms with E-state index in [0.29, 0.717) is 17.6 Å². The molecule has 4 heteroatoms. The smallest absolute Gasteiger partial charge is 0.222 e. The molecule has 1 heterocycles. The first-order chi connectivity index (χ1) is 8.72. The van der Waals surface area contributed by atoms with Crippen LogP contribution in [0.3, 0.4) is 0 Å². The van der Waals surface area contributed by atoms with Gasteiger partial charge in [-0.25, -0.2) is 9.97 Å². The van der Waals surface area contributed by atoms with Crippen molar-refractivity contribution < 1.29 is 4.74 Å². The van der Waals surface area contributed by atoms with Crippen molar-refractivity contribution >= 4 is 5.82 Å². The summed E-state index contributed by atoms with van der Waals surface area (Å²) in [5, 5.41) is 0. The fourth-order valence-electron chi connectivity index (χ4n) is 2.60. The van der Waals surface area contributed by atoms with E-state index >= 15 is 0 Å². The number of rotatable bonds is 4. The second-order valence-corrected chi connectivity index (χ2v) is 5.21. The highest BCUT2D eigenvalue weighted by Crippen LogP contribution is 2.30. The first-order valence-electron chi connectivity index (χ1n) is 6.98. The van der Waals surface area contributed by atoms with Crippen molar-refractivity contribution in [1.82, 2.24) is 9.97 Å². The van der Waals surface area contributed by atoms with E-state index in [2.05, 4.69) is 23.8 Å². The number of aromatic nitrogens is 2. The molecular weight excluding hydrogens is 226 g/mol. The fraction of sp³-hybridized carbons (Fsp3) is 0.714. The van der Waals surface area contributed by atoms with Crippen molar-refractivity contribution in [3.05, 3.63) is 11.9 Å². The number of nitrogens with zero attached hydrogens (tertiary/aromatic N) is 2. The van der Waals surface area contributed by atoms with Gasteiger partial charge in [0.1, 0.15) is 18.2 Å². The van der Waals surface area contributed by atoms with Gasteiger partial charge in [-0.05, 0) is 31.6 Å². The average Bonchev–Trinajstić information content (AvgIpc) is 2.36. The second-order valence-electron chi connectivity index (χ2n) is 5.21. The largest absolute Gasteiger partial charge is 0.474 e. The van der Waals surface area contributed by atoms with Crippen molar-refractivity contribution in [3.8, 4) is 5.88 Å². The Kier molecular flexibility index (Phi) is 4.39. The van der Waals surface area contributed by atoms with Crippen LogP contribution in [0.4, 0.5) is 5.82 Å². The Hall–Kier alpha value is -1.32. The molecule has 2 rings (SSSR count). The van der Waals surface area contributed by atoms with E-state index in [1.54, 1.807) is 0 Å². The summed E-state index contributed by atoms with van der Waals surface area (Å²) in [6.07, 6.45) is 8.61. The third-order valence-corrected chi connectivity index (χ3v) is 3.73. The monoisotopic (exact) mass is 249 g/mol. The molecule has 4 nitrogen and oxygen atoms in total. The van der Waals surface area contributed by atoms with E-state index in [1.807, 2.05) is 0 Å². The summed E-state index contributed by atoms with van der Waals surface area (Å²) in [5.41, 5.74) is 6.89. The average molecular weight is 249 g/mol. The van der Waals surface area contributed by atoms with Gasteiger partial charge in [-0.2, -0.15) is 0 Å². The highest BCUT2D eigenvalue weighted by atomic mass is 16.5. The minimum atomic E-state index is 0.281. The van der Waals surface area contributed by atoms with E-state index in [9.17, 15) is 0 Å². The van der Waals surface area contributed by atoms with Crippen LogP contribution in [0.15, 0.2) is 6.33 Å². The molecule has 2 N–H and O–H groups in total. The lowest BCUT2D eigenvalue weighted by molar-refractivity contribution is 0.0963. The molecule has 1 aromatic rings. The molecule has 1 aliphatic rings. The zero-order chi connectivity index (χ0) is 13.0. The molecule has 0 bridgehead atoms. The van der Waals surface area contributed by atoms with Crippen molar-refractivity contribution in [2.75, 3.05) is 5.73 Å². The standard InChI is InChI=1S/C14H23N3O/c1-3-6-11-13(15)16-9-17-14(11)18-12-8-5-4-7-10(12)2/h9-10,12H,3-8H2,1-2H3,(H2,15,16,17). The summed E-state index contributed by atoms with van der Waals surface area (Å²) in [6, 6.07) is 0. The Balaban J connectivity index is 2.14. The van der Waals surface area contributed by atoms with E-state index in [1.165, 1.54) is 25.6 Å². The number of ether oxygens (including phenoxy) is 1. The third kappa shape index (κ3) is 2.92. The van der Waals surface area contributed by atoms with Crippen molar-refractivity contribution in [2.24, 2.45) is 5.92 Å². The topological polar surface area (TPSA) is 61.0 Å². The van der Waals surface area contributed by atoms with Gasteiger partial charge < -0.3 is 10.5 Å². The summed E-state index contributed by atoms with van der Waals surface area (Å²) in [5.74, 6) is 1.86. The molecule has 1 aliphatic carbocycles. The van der Waals surface area contributed by atoms with Crippen LogP contribution in [-0.2, 0) is 6.42 Å². The Morgan fingerprint density at radius 2 is 2.11 bits per heavy atom. The SMILES string of the molecule is CCCc1c(N)ncnc1OC1CCCCC1C. The molecule has 2 atom stereocenters. The fourth-order valence-corrected chi connectivity index (χ4v) is 2.60. The van der Waals surface area contributed by atoms with Gasteiger partial charge in [-0.15, -0.1) is 0 Å². The van der Waals surface area contributed by atoms with Gasteiger partial charge in [0.2, 0.25) is 5.88 Å². The van der Waals surface area contributed by atoms with Crippen LogP contribution in [0, 0.1) is 5.92 Å². The first kappa shape index (κ1) is 13.1. The van der Waals surface area contributed by atoms with Gasteiger partial charge in [0.15, 0.2) is 0 Å². The second kappa shape index (κ2) is 6.03. The van der Waals surface area contributed by atoms with E-state index in [4.69, 9.17) is 10.5 Å². The normalized spacial score (nSPS) is 23.9. The highest BCUT2D eigenvalue weighted by molar-refractivity contribution is 5.44. The molecule has 0 saturated heterocycles. The van der Waals surface area contributed by atoms with Crippen LogP contribution in [-0.4, -0.2) is 16.1 Å². The maximum atomic E-state index is 6.10. The summed E-state index contributed by atoms with van der Waals surface area (Å²) >= 11 is 0. The van der Waals surface area contributed by atoms with Crippen LogP contribution in [0.25, 0.3) is 0 Å². The number of anilines is 1. The van der Waals surface area contributed by atoms with Gasteiger partial charge in [0.25, 0.3) is 0 Å². The number of nitrogens with two attached hydrogens (primary N) is 1. The lowest BCUT2D eigenvalue weighted by Gasteiger charge is -2.29. The van der Waals surface area contributed by atoms with Crippen LogP contribution in [0.2, 0.25) is 0 Å². The number of nitrogen functional groups attached to an aromatic ring is 1. The van der Waals surface area contributed by atoms with Crippen molar-refractivity contribution in [1.29, 1.82) is 0 Å². The minimum Gasteiger partial charge on any atom is -0.474 e. The summed E-state index contributed by atoms with van der Waals surface area (Å²) in [6.45, 7) is 4.38. The molecule has 100 valence electrons. The Morgan fingerprint density at radius 1 is 1.33 bits per heavy atom. The van der Waals surface area contributed by atoms with Gasteiger partial charge in [0, 0.05) is 0 Å². The van der Waals surface area contributed by atoms with Gasteiger partial charge in [-0.1, -0.05) is 26.7 Å². The van der Waals surface area contributed by atoms with E-state index < -0.39 is 0 Å². The molecule has 18 heavy (non-hydrogen) atoms. The molecule has 0 spiro atoms. The number of hydrogen-bond acceptors (Lipinski definition) is 4. The molecule has 2 unspecified atom stereocenters. The van der Waals surface area contributed by atoms with Crippen LogP contribution >= 0.6 is 0 Å². The minimum absolute atomic E-state index is 0.281. The molecule has 0 radical (unpaired) electrons. The van der Waals surface area contributed by atoms with Crippen molar-refractivity contribution in [3.63, 3.8) is 0 Å². The zero-order valence-corrected chi connectivity index (χ0v) is 11.4. The summed E-state index contributed by atoms with van der Waals surface area (Å²) in [7, 11) is 0. The molecule has 1 fully saturated rings. The predicted octanol–water partition coefficient (Wildman–Crippen LogP) is 2.97. The van der Waals surface area contributed by atoms with Gasteiger partial charge >= 0.3 is 0 Å². The predicted molar refractivity (Wildman–Crippen MR) is 72.5 cm³/mol. The molecule has 0 aliphatic heterocycles. The summed E-state index contributed by atoms with van der Waals surface area (Å²) in [4.78, 5) is 8.33. The first-order valence-corrected chi connectivity index (χ1v) is 6.98. The quantitative estimate of drug-likeness (QED) is 0.891. The Labute approximate surface area is 109 Å². The van der Waals surface area contributed by atoms with Crippen LogP contribution in [0.5, 0.6) is 5.88 Å². The Morgan fingerprint density at radius 3 is 2.83 bits per heavy atom. The molecule has 0 aromatic carbocycles. The van der Waals surface area contributed by atoms with Crippen LogP contribution in [0.1, 0.15) is 51.5 Å². The lowest BCUT2D eigenvalue weighted by Crippen LogP contribution is -2.29. The lowest BCUT2D eigenvalue weighted by atomic mass is 9.88. The van der Waals surface area contributed by atoms with E-state index in [0.717, 1.165) is 24.8 Å². The van der Waals surface area contributed by atoms with Crippen molar-refractivity contribution in [2.45, 2.75) is 58.5 Å². The maximum Gasteiger partial charge on any atom is 0.222 e. The number of hydrogen-bond donors (Lipinski definition) is 1. The highest BCUT2D eigenvalue weighted by Gasteiger charge is 2.24. The molecular formula is C14H23N3O. The molecule has 1 aromatic heterocycles. The Bertz CT molecular complexity index is 395. The van der Waals surface area contributed by atoms with Gasteiger partial charge in [-0.3, -0.25) is 0 Å². The molecule has 1 saturated carbocycles. The maximum absolute atomic E-state index is 6.10. The van der Waals surface area contributed by atoms with Crippen LogP contribution < -0.4 is 10.5 Å². The molecule has 0 amide bonds. The summed E-state index contributed by atoms with van der Waals surface area (Å²) < 4.78 is 6.10. The van der Waals surface area contributed by atoms with Gasteiger partial charge in [0.05, 0.1) is 5.56 Å². The van der Waals surface area contributed by atoms with E-state index in [-0.39, 0.29) is 6.10 Å².